The fraction of sp³-hybridized carbons (Fsp3) is 0.750. The van der Waals surface area contributed by atoms with Crippen LogP contribution in [0.25, 0.3) is 0 Å². The number of amides is 1. The zero-order chi connectivity index (χ0) is 13.4. The molecule has 0 fully saturated rings. The van der Waals surface area contributed by atoms with Crippen LogP contribution in [0.3, 0.4) is 0 Å². The summed E-state index contributed by atoms with van der Waals surface area (Å²) in [7, 11) is 0. The first-order valence-electron chi connectivity index (χ1n) is 6.41. The van der Waals surface area contributed by atoms with Gasteiger partial charge >= 0.3 is 0 Å². The molecule has 6 nitrogen and oxygen atoms in total. The molecule has 0 aromatic carbocycles. The highest BCUT2D eigenvalue weighted by Gasteiger charge is 2.10. The van der Waals surface area contributed by atoms with Crippen molar-refractivity contribution in [3.05, 3.63) is 11.7 Å². The van der Waals surface area contributed by atoms with Gasteiger partial charge in [-0.2, -0.15) is 4.98 Å². The van der Waals surface area contributed by atoms with E-state index in [0.29, 0.717) is 37.1 Å². The molecule has 0 aliphatic heterocycles. The van der Waals surface area contributed by atoms with Crippen molar-refractivity contribution in [1.82, 2.24) is 15.5 Å². The van der Waals surface area contributed by atoms with Crippen LogP contribution in [0, 0.1) is 12.8 Å². The average Bonchev–Trinajstić information content (AvgIpc) is 2.77. The number of nitrogens with two attached hydrogens (primary N) is 1. The minimum atomic E-state index is 0.0151. The van der Waals surface area contributed by atoms with Gasteiger partial charge in [0, 0.05) is 6.42 Å². The first-order chi connectivity index (χ1) is 8.65. The van der Waals surface area contributed by atoms with Gasteiger partial charge < -0.3 is 15.6 Å². The smallest absolute Gasteiger partial charge is 0.246 e. The Morgan fingerprint density at radius 1 is 1.50 bits per heavy atom. The van der Waals surface area contributed by atoms with E-state index < -0.39 is 0 Å². The summed E-state index contributed by atoms with van der Waals surface area (Å²) >= 11 is 0. The standard InChI is InChI=1S/C12H22N4O2/c1-3-10(6-7-13)4-5-11(17)14-8-12-15-9(2)16-18-12/h10H,3-8,13H2,1-2H3,(H,14,17). The lowest BCUT2D eigenvalue weighted by Gasteiger charge is -2.12. The number of nitrogens with zero attached hydrogens (tertiary/aromatic N) is 2. The topological polar surface area (TPSA) is 94.0 Å². The van der Waals surface area contributed by atoms with Crippen molar-refractivity contribution in [2.24, 2.45) is 11.7 Å². The molecule has 0 aliphatic carbocycles. The van der Waals surface area contributed by atoms with E-state index in [1.165, 1.54) is 0 Å². The number of rotatable bonds is 8. The van der Waals surface area contributed by atoms with E-state index in [2.05, 4.69) is 22.4 Å². The Kier molecular flexibility index (Phi) is 6.35. The molecule has 1 unspecified atom stereocenters. The van der Waals surface area contributed by atoms with E-state index in [9.17, 15) is 4.79 Å². The zero-order valence-corrected chi connectivity index (χ0v) is 11.1. The summed E-state index contributed by atoms with van der Waals surface area (Å²) in [5, 5.41) is 6.42. The maximum absolute atomic E-state index is 11.6. The monoisotopic (exact) mass is 254 g/mol. The van der Waals surface area contributed by atoms with Gasteiger partial charge in [0.15, 0.2) is 5.82 Å². The van der Waals surface area contributed by atoms with Crippen molar-refractivity contribution < 1.29 is 9.32 Å². The van der Waals surface area contributed by atoms with Crippen molar-refractivity contribution in [2.75, 3.05) is 6.54 Å². The first-order valence-corrected chi connectivity index (χ1v) is 6.41. The molecule has 18 heavy (non-hydrogen) atoms. The third-order valence-corrected chi connectivity index (χ3v) is 2.94. The van der Waals surface area contributed by atoms with Crippen molar-refractivity contribution >= 4 is 5.91 Å². The molecule has 1 amide bonds. The molecule has 3 N–H and O–H groups in total. The summed E-state index contributed by atoms with van der Waals surface area (Å²) in [5.74, 6) is 1.57. The highest BCUT2D eigenvalue weighted by molar-refractivity contribution is 5.75. The van der Waals surface area contributed by atoms with Crippen LogP contribution in [0.2, 0.25) is 0 Å². The number of carbonyl (C=O) groups is 1. The van der Waals surface area contributed by atoms with Gasteiger partial charge in [-0.05, 0) is 32.2 Å². The van der Waals surface area contributed by atoms with E-state index >= 15 is 0 Å². The number of hydrogen-bond acceptors (Lipinski definition) is 5. The van der Waals surface area contributed by atoms with Crippen LogP contribution in [-0.2, 0) is 11.3 Å². The van der Waals surface area contributed by atoms with Crippen molar-refractivity contribution in [2.45, 2.75) is 46.1 Å². The maximum Gasteiger partial charge on any atom is 0.246 e. The van der Waals surface area contributed by atoms with Gasteiger partial charge in [-0.25, -0.2) is 0 Å². The van der Waals surface area contributed by atoms with E-state index in [1.54, 1.807) is 6.92 Å². The summed E-state index contributed by atoms with van der Waals surface area (Å²) < 4.78 is 4.91. The zero-order valence-electron chi connectivity index (χ0n) is 11.1. The molecule has 1 aromatic rings. The largest absolute Gasteiger partial charge is 0.347 e. The highest BCUT2D eigenvalue weighted by atomic mass is 16.5. The SMILES string of the molecule is CCC(CCN)CCC(=O)NCc1nc(C)no1. The van der Waals surface area contributed by atoms with Gasteiger partial charge in [-0.1, -0.05) is 18.5 Å². The van der Waals surface area contributed by atoms with Gasteiger partial charge in [0.2, 0.25) is 11.8 Å². The second kappa shape index (κ2) is 7.81. The molecule has 0 bridgehead atoms. The second-order valence-corrected chi connectivity index (χ2v) is 4.40. The Balaban J connectivity index is 2.21. The van der Waals surface area contributed by atoms with Crippen molar-refractivity contribution in [3.63, 3.8) is 0 Å². The van der Waals surface area contributed by atoms with Gasteiger partial charge in [0.05, 0.1) is 6.54 Å². The van der Waals surface area contributed by atoms with Crippen LogP contribution in [0.5, 0.6) is 0 Å². The van der Waals surface area contributed by atoms with Gasteiger partial charge in [0.1, 0.15) is 0 Å². The average molecular weight is 254 g/mol. The molecule has 0 spiro atoms. The van der Waals surface area contributed by atoms with Gasteiger partial charge in [0.25, 0.3) is 0 Å². The summed E-state index contributed by atoms with van der Waals surface area (Å²) in [6.45, 7) is 4.85. The van der Waals surface area contributed by atoms with E-state index in [4.69, 9.17) is 10.3 Å². The molecular formula is C12H22N4O2. The Morgan fingerprint density at radius 3 is 2.83 bits per heavy atom. The molecule has 0 saturated carbocycles. The predicted molar refractivity (Wildman–Crippen MR) is 67.6 cm³/mol. The van der Waals surface area contributed by atoms with Crippen LogP contribution in [0.1, 0.15) is 44.3 Å². The number of aryl methyl sites for hydroxylation is 1. The van der Waals surface area contributed by atoms with Crippen LogP contribution >= 0.6 is 0 Å². The van der Waals surface area contributed by atoms with Crippen molar-refractivity contribution in [1.29, 1.82) is 0 Å². The Hall–Kier alpha value is -1.43. The molecule has 1 atom stereocenters. The third kappa shape index (κ3) is 5.27. The molecule has 102 valence electrons. The van der Waals surface area contributed by atoms with Crippen LogP contribution in [0.15, 0.2) is 4.52 Å². The molecule has 6 heteroatoms. The van der Waals surface area contributed by atoms with Crippen molar-refractivity contribution in [3.8, 4) is 0 Å². The minimum Gasteiger partial charge on any atom is -0.347 e. The van der Waals surface area contributed by atoms with E-state index in [-0.39, 0.29) is 5.91 Å². The normalized spacial score (nSPS) is 12.4. The molecule has 1 rings (SSSR count). The molecule has 1 aromatic heterocycles. The van der Waals surface area contributed by atoms with Crippen LogP contribution in [0.4, 0.5) is 0 Å². The summed E-state index contributed by atoms with van der Waals surface area (Å²) in [5.41, 5.74) is 5.52. The van der Waals surface area contributed by atoms with E-state index in [0.717, 1.165) is 19.3 Å². The maximum atomic E-state index is 11.6. The quantitative estimate of drug-likeness (QED) is 0.725. The second-order valence-electron chi connectivity index (χ2n) is 4.40. The molecule has 0 radical (unpaired) electrons. The van der Waals surface area contributed by atoms with Crippen LogP contribution in [-0.4, -0.2) is 22.6 Å². The number of hydrogen-bond donors (Lipinski definition) is 2. The van der Waals surface area contributed by atoms with Crippen LogP contribution < -0.4 is 11.1 Å². The lowest BCUT2D eigenvalue weighted by Crippen LogP contribution is -2.23. The number of aromatic nitrogens is 2. The lowest BCUT2D eigenvalue weighted by molar-refractivity contribution is -0.121. The molecule has 0 saturated heterocycles. The molecular weight excluding hydrogens is 232 g/mol. The fourth-order valence-corrected chi connectivity index (χ4v) is 1.80. The number of nitrogens with one attached hydrogen (secondary N) is 1. The van der Waals surface area contributed by atoms with Gasteiger partial charge in [-0.3, -0.25) is 4.79 Å². The highest BCUT2D eigenvalue weighted by Crippen LogP contribution is 2.14. The number of carbonyl (C=O) groups excluding carboxylic acids is 1. The predicted octanol–water partition coefficient (Wildman–Crippen LogP) is 1.15. The summed E-state index contributed by atoms with van der Waals surface area (Å²) in [6.07, 6.45) is 3.44. The summed E-state index contributed by atoms with van der Waals surface area (Å²) in [6, 6.07) is 0. The molecule has 0 aliphatic rings. The Bertz CT molecular complexity index is 365. The first kappa shape index (κ1) is 14.6. The molecule has 1 heterocycles. The third-order valence-electron chi connectivity index (χ3n) is 2.94. The Morgan fingerprint density at radius 2 is 2.28 bits per heavy atom. The Labute approximate surface area is 107 Å². The lowest BCUT2D eigenvalue weighted by atomic mass is 9.96. The van der Waals surface area contributed by atoms with E-state index in [1.807, 2.05) is 0 Å². The summed E-state index contributed by atoms with van der Waals surface area (Å²) in [4.78, 5) is 15.6. The minimum absolute atomic E-state index is 0.0151. The fourth-order valence-electron chi connectivity index (χ4n) is 1.80. The van der Waals surface area contributed by atoms with Gasteiger partial charge in [-0.15, -0.1) is 0 Å².